The van der Waals surface area contributed by atoms with Gasteiger partial charge >= 0.3 is 25.4 Å². The second-order valence-corrected chi connectivity index (χ2v) is 10.8. The van der Waals surface area contributed by atoms with Crippen molar-refractivity contribution in [3.63, 3.8) is 0 Å². The molecule has 0 bridgehead atoms. The molecule has 23 heavy (non-hydrogen) atoms. The Balaban J connectivity index is 6.53. The molecule has 11 heteroatoms. The Morgan fingerprint density at radius 2 is 1.17 bits per heavy atom. The van der Waals surface area contributed by atoms with Gasteiger partial charge < -0.3 is 23.2 Å². The van der Waals surface area contributed by atoms with E-state index in [-0.39, 0.29) is 32.2 Å². The van der Waals surface area contributed by atoms with E-state index in [4.69, 9.17) is 18.1 Å². The fraction of sp³-hybridized carbons (Fsp3) is 0.917. The first-order chi connectivity index (χ1) is 10.7. The predicted octanol–water partition coefficient (Wildman–Crippen LogP) is 4.01. The van der Waals surface area contributed by atoms with Crippen molar-refractivity contribution in [2.24, 2.45) is 0 Å². The molecular formula is C12H26O8P2S. The van der Waals surface area contributed by atoms with Crippen molar-refractivity contribution in [1.82, 2.24) is 0 Å². The van der Waals surface area contributed by atoms with E-state index >= 15 is 0 Å². The molecule has 0 saturated carbocycles. The molecule has 0 spiro atoms. The number of aliphatic carboxylic acids is 1. The molecule has 0 fully saturated rings. The molecule has 0 aromatic heterocycles. The molecule has 0 aliphatic carbocycles. The van der Waals surface area contributed by atoms with Crippen molar-refractivity contribution < 1.29 is 37.1 Å². The number of carboxylic acid groups (broad SMARTS) is 1. The van der Waals surface area contributed by atoms with Gasteiger partial charge in [0.2, 0.25) is 0 Å². The van der Waals surface area contributed by atoms with Gasteiger partial charge in [0.25, 0.3) is 0 Å². The van der Waals surface area contributed by atoms with Gasteiger partial charge in [-0.2, -0.15) is 0 Å². The van der Waals surface area contributed by atoms with Gasteiger partial charge in [0.15, 0.2) is 0 Å². The molecule has 0 aromatic rings. The Kier molecular flexibility index (Phi) is 10.2. The maximum Gasteiger partial charge on any atom is 0.370 e. The fourth-order valence-electron chi connectivity index (χ4n) is 1.91. The summed E-state index contributed by atoms with van der Waals surface area (Å²) in [6, 6.07) is 0. The van der Waals surface area contributed by atoms with E-state index in [1.165, 1.54) is 0 Å². The Bertz CT molecular complexity index is 420. The molecule has 0 heterocycles. The van der Waals surface area contributed by atoms with E-state index in [0.717, 1.165) is 0 Å². The highest BCUT2D eigenvalue weighted by molar-refractivity contribution is 8.15. The smallest absolute Gasteiger partial charge is 0.370 e. The zero-order chi connectivity index (χ0) is 18.1. The Labute approximate surface area is 141 Å². The minimum atomic E-state index is -4.36. The van der Waals surface area contributed by atoms with Gasteiger partial charge in [-0.15, -0.1) is 11.8 Å². The van der Waals surface area contributed by atoms with E-state index < -0.39 is 25.4 Å². The Hall–Kier alpha value is 0.120. The van der Waals surface area contributed by atoms with Crippen LogP contribution in [-0.4, -0.2) is 47.5 Å². The van der Waals surface area contributed by atoms with Crippen LogP contribution in [0.15, 0.2) is 0 Å². The molecule has 1 N–H and O–H groups in total. The molecular weight excluding hydrogens is 366 g/mol. The third-order valence-electron chi connectivity index (χ3n) is 2.56. The van der Waals surface area contributed by atoms with Crippen molar-refractivity contribution in [2.45, 2.75) is 38.8 Å². The lowest BCUT2D eigenvalue weighted by Gasteiger charge is -2.38. The van der Waals surface area contributed by atoms with Crippen molar-refractivity contribution in [3.05, 3.63) is 0 Å². The van der Waals surface area contributed by atoms with Crippen LogP contribution < -0.4 is 0 Å². The summed E-state index contributed by atoms with van der Waals surface area (Å²) in [5.41, 5.74) is 0. The van der Waals surface area contributed by atoms with Crippen LogP contribution in [0.2, 0.25) is 0 Å². The number of hydrogen-bond donors (Lipinski definition) is 1. The molecule has 0 aliphatic heterocycles. The maximum absolute atomic E-state index is 13.3. The standard InChI is InChI=1S/C12H26O8P2S/c1-6-17-21(15,18-7-2)12(11(13)14,23-10-5)22(16,19-8-3)20-9-4/h6-10H2,1-5H3,(H,13,14). The highest BCUT2D eigenvalue weighted by Crippen LogP contribution is 2.81. The van der Waals surface area contributed by atoms with E-state index in [2.05, 4.69) is 0 Å². The van der Waals surface area contributed by atoms with Crippen LogP contribution in [0.1, 0.15) is 34.6 Å². The molecule has 8 nitrogen and oxygen atoms in total. The third kappa shape index (κ3) is 4.60. The van der Waals surface area contributed by atoms with Crippen LogP contribution in [0.25, 0.3) is 0 Å². The lowest BCUT2D eigenvalue weighted by Crippen LogP contribution is -2.38. The molecule has 0 saturated heterocycles. The monoisotopic (exact) mass is 392 g/mol. The van der Waals surface area contributed by atoms with Crippen LogP contribution in [-0.2, 0) is 32.0 Å². The van der Waals surface area contributed by atoms with E-state index in [1.54, 1.807) is 34.6 Å². The van der Waals surface area contributed by atoms with Crippen molar-refractivity contribution in [3.8, 4) is 0 Å². The van der Waals surface area contributed by atoms with Crippen LogP contribution in [0.4, 0.5) is 0 Å². The first-order valence-corrected chi connectivity index (χ1v) is 11.5. The second kappa shape index (κ2) is 10.2. The minimum Gasteiger partial charge on any atom is -0.479 e. The lowest BCUT2D eigenvalue weighted by atomic mass is 10.8. The fourth-order valence-corrected chi connectivity index (χ4v) is 9.68. The Morgan fingerprint density at radius 1 is 0.870 bits per heavy atom. The van der Waals surface area contributed by atoms with E-state index in [0.29, 0.717) is 11.8 Å². The van der Waals surface area contributed by atoms with E-state index in [1.807, 2.05) is 0 Å². The molecule has 0 amide bonds. The summed E-state index contributed by atoms with van der Waals surface area (Å²) >= 11 is 0.680. The summed E-state index contributed by atoms with van der Waals surface area (Å²) in [6.45, 7) is 7.52. The van der Waals surface area contributed by atoms with Crippen molar-refractivity contribution in [1.29, 1.82) is 0 Å². The summed E-state index contributed by atoms with van der Waals surface area (Å²) in [7, 11) is -8.73. The summed E-state index contributed by atoms with van der Waals surface area (Å²) < 4.78 is 44.8. The largest absolute Gasteiger partial charge is 0.479 e. The number of carbonyl (C=O) groups is 1. The normalized spacial score (nSPS) is 13.3. The van der Waals surface area contributed by atoms with E-state index in [9.17, 15) is 19.0 Å². The van der Waals surface area contributed by atoms with Crippen LogP contribution in [0.5, 0.6) is 0 Å². The highest BCUT2D eigenvalue weighted by atomic mass is 32.2. The second-order valence-electron chi connectivity index (χ2n) is 4.01. The number of thioether (sulfide) groups is 1. The van der Waals surface area contributed by atoms with Gasteiger partial charge in [-0.3, -0.25) is 9.13 Å². The van der Waals surface area contributed by atoms with Gasteiger partial charge in [0, 0.05) is 0 Å². The van der Waals surface area contributed by atoms with Gasteiger partial charge in [-0.25, -0.2) is 4.79 Å². The number of hydrogen-bond acceptors (Lipinski definition) is 8. The topological polar surface area (TPSA) is 108 Å². The quantitative estimate of drug-likeness (QED) is 0.465. The molecule has 0 rings (SSSR count). The molecule has 0 aliphatic rings. The zero-order valence-corrected chi connectivity index (χ0v) is 16.7. The number of carboxylic acids is 1. The average molecular weight is 392 g/mol. The maximum atomic E-state index is 13.3. The van der Waals surface area contributed by atoms with Gasteiger partial charge in [-0.1, -0.05) is 6.92 Å². The van der Waals surface area contributed by atoms with Crippen LogP contribution in [0.3, 0.4) is 0 Å². The molecule has 0 unspecified atom stereocenters. The average Bonchev–Trinajstić information content (AvgIpc) is 2.44. The molecule has 0 atom stereocenters. The lowest BCUT2D eigenvalue weighted by molar-refractivity contribution is -0.136. The molecule has 0 aromatic carbocycles. The molecule has 138 valence electrons. The summed E-state index contributed by atoms with van der Waals surface area (Å²) in [6.07, 6.45) is 0. The minimum absolute atomic E-state index is 0.0746. The first kappa shape index (κ1) is 23.1. The third-order valence-corrected chi connectivity index (χ3v) is 11.3. The van der Waals surface area contributed by atoms with Gasteiger partial charge in [-0.05, 0) is 33.4 Å². The summed E-state index contributed by atoms with van der Waals surface area (Å²) in [4.78, 5) is 12.1. The number of rotatable bonds is 13. The van der Waals surface area contributed by atoms with Crippen LogP contribution >= 0.6 is 27.0 Å². The van der Waals surface area contributed by atoms with Gasteiger partial charge in [0.05, 0.1) is 26.4 Å². The van der Waals surface area contributed by atoms with Crippen molar-refractivity contribution in [2.75, 3.05) is 32.2 Å². The Morgan fingerprint density at radius 3 is 1.35 bits per heavy atom. The van der Waals surface area contributed by atoms with Gasteiger partial charge in [0.1, 0.15) is 0 Å². The summed E-state index contributed by atoms with van der Waals surface area (Å²) in [5.74, 6) is -1.42. The first-order valence-electron chi connectivity index (χ1n) is 7.40. The van der Waals surface area contributed by atoms with Crippen LogP contribution in [0, 0.1) is 0 Å². The van der Waals surface area contributed by atoms with Crippen molar-refractivity contribution >= 4 is 32.9 Å². The molecule has 0 radical (unpaired) electrons. The zero-order valence-electron chi connectivity index (χ0n) is 14.1. The summed E-state index contributed by atoms with van der Waals surface area (Å²) in [5, 5.41) is 9.85. The predicted molar refractivity (Wildman–Crippen MR) is 90.2 cm³/mol. The SMILES string of the molecule is CCOP(=O)(OCC)C(SCC)(C(=O)O)P(=O)(OCC)OCC. The highest BCUT2D eigenvalue weighted by Gasteiger charge is 2.71.